The Morgan fingerprint density at radius 2 is 1.84 bits per heavy atom. The largest absolute Gasteiger partial charge is 0.465 e. The molecule has 2 bridgehead atoms. The third-order valence-electron chi connectivity index (χ3n) is 4.62. The first-order chi connectivity index (χ1) is 8.78. The lowest BCUT2D eigenvalue weighted by atomic mass is 9.63. The van der Waals surface area contributed by atoms with E-state index in [2.05, 4.69) is 13.8 Å². The monoisotopic (exact) mass is 270 g/mol. The average molecular weight is 270 g/mol. The Bertz CT molecular complexity index is 393. The number of ether oxygens (including phenoxy) is 3. The summed E-state index contributed by atoms with van der Waals surface area (Å²) in [7, 11) is 0. The van der Waals surface area contributed by atoms with Gasteiger partial charge in [-0.3, -0.25) is 9.59 Å². The number of fused-ring (bicyclic) bond motifs is 2. The molecule has 2 aliphatic rings. The van der Waals surface area contributed by atoms with E-state index in [4.69, 9.17) is 14.2 Å². The van der Waals surface area contributed by atoms with Gasteiger partial charge in [0, 0.05) is 25.2 Å². The van der Waals surface area contributed by atoms with E-state index in [0.29, 0.717) is 13.2 Å². The van der Waals surface area contributed by atoms with Crippen LogP contribution in [-0.4, -0.2) is 36.9 Å². The van der Waals surface area contributed by atoms with Crippen LogP contribution in [0, 0.1) is 11.3 Å². The Labute approximate surface area is 113 Å². The molecule has 2 saturated heterocycles. The van der Waals surface area contributed by atoms with Crippen LogP contribution in [0.25, 0.3) is 0 Å². The summed E-state index contributed by atoms with van der Waals surface area (Å²) in [4.78, 5) is 22.1. The van der Waals surface area contributed by atoms with Crippen LogP contribution in [0.1, 0.15) is 40.5 Å². The summed E-state index contributed by atoms with van der Waals surface area (Å²) in [6, 6.07) is 0. The molecule has 0 aliphatic carbocycles. The van der Waals surface area contributed by atoms with Crippen LogP contribution in [-0.2, 0) is 23.8 Å². The molecule has 0 aromatic heterocycles. The van der Waals surface area contributed by atoms with Crippen LogP contribution in [0.4, 0.5) is 0 Å². The lowest BCUT2D eigenvalue weighted by molar-refractivity contribution is -0.151. The summed E-state index contributed by atoms with van der Waals surface area (Å²) < 4.78 is 16.5. The number of esters is 2. The summed E-state index contributed by atoms with van der Waals surface area (Å²) >= 11 is 0. The minimum Gasteiger partial charge on any atom is -0.465 e. The molecule has 0 amide bonds. The van der Waals surface area contributed by atoms with Gasteiger partial charge in [-0.2, -0.15) is 0 Å². The second-order valence-corrected chi connectivity index (χ2v) is 6.10. The summed E-state index contributed by atoms with van der Waals surface area (Å²) in [5.74, 6) is -0.524. The van der Waals surface area contributed by atoms with E-state index < -0.39 is 0 Å². The second kappa shape index (κ2) is 4.78. The molecule has 5 nitrogen and oxygen atoms in total. The van der Waals surface area contributed by atoms with Crippen molar-refractivity contribution in [3.8, 4) is 0 Å². The molecular formula is C14H22O5. The predicted molar refractivity (Wildman–Crippen MR) is 67.4 cm³/mol. The number of carbonyl (C=O) groups excluding carboxylic acids is 2. The summed E-state index contributed by atoms with van der Waals surface area (Å²) in [6.45, 7) is 7.55. The van der Waals surface area contributed by atoms with Crippen molar-refractivity contribution < 1.29 is 23.8 Å². The fourth-order valence-electron chi connectivity index (χ4n) is 3.52. The lowest BCUT2D eigenvalue weighted by Gasteiger charge is -2.40. The molecule has 4 atom stereocenters. The van der Waals surface area contributed by atoms with Crippen LogP contribution >= 0.6 is 0 Å². The van der Waals surface area contributed by atoms with Crippen molar-refractivity contribution in [2.45, 2.75) is 52.2 Å². The molecule has 0 radical (unpaired) electrons. The number of hydrogen-bond acceptors (Lipinski definition) is 5. The van der Waals surface area contributed by atoms with Crippen LogP contribution in [0.15, 0.2) is 0 Å². The van der Waals surface area contributed by atoms with Crippen molar-refractivity contribution in [3.63, 3.8) is 0 Å². The van der Waals surface area contributed by atoms with Crippen molar-refractivity contribution in [3.05, 3.63) is 0 Å². The topological polar surface area (TPSA) is 61.8 Å². The molecule has 2 fully saturated rings. The lowest BCUT2D eigenvalue weighted by Crippen LogP contribution is -2.48. The highest BCUT2D eigenvalue weighted by Crippen LogP contribution is 2.57. The highest BCUT2D eigenvalue weighted by molar-refractivity contribution is 5.66. The van der Waals surface area contributed by atoms with Crippen molar-refractivity contribution in [2.24, 2.45) is 11.3 Å². The van der Waals surface area contributed by atoms with Crippen LogP contribution < -0.4 is 0 Å². The van der Waals surface area contributed by atoms with E-state index in [-0.39, 0.29) is 35.0 Å². The molecule has 0 aromatic carbocycles. The van der Waals surface area contributed by atoms with Gasteiger partial charge < -0.3 is 14.2 Å². The fourth-order valence-corrected chi connectivity index (χ4v) is 3.52. The van der Waals surface area contributed by atoms with Gasteiger partial charge in [0.15, 0.2) is 0 Å². The standard InChI is InChI=1S/C14H22O5/c1-9(15)17-7-11-13(3,8-18-10(2)16)12-5-6-14(11,4)19-12/h11-12H,5-8H2,1-4H3. The maximum atomic E-state index is 11.1. The second-order valence-electron chi connectivity index (χ2n) is 6.10. The molecule has 2 aliphatic heterocycles. The molecule has 0 aromatic rings. The molecule has 4 unspecified atom stereocenters. The van der Waals surface area contributed by atoms with E-state index in [9.17, 15) is 9.59 Å². The number of hydrogen-bond donors (Lipinski definition) is 0. The van der Waals surface area contributed by atoms with Gasteiger partial charge in [0.2, 0.25) is 0 Å². The zero-order valence-electron chi connectivity index (χ0n) is 12.0. The average Bonchev–Trinajstić information content (AvgIpc) is 2.77. The highest BCUT2D eigenvalue weighted by atomic mass is 16.6. The van der Waals surface area contributed by atoms with Gasteiger partial charge in [0.25, 0.3) is 0 Å². The molecule has 0 spiro atoms. The van der Waals surface area contributed by atoms with Crippen molar-refractivity contribution >= 4 is 11.9 Å². The van der Waals surface area contributed by atoms with Crippen LogP contribution in [0.5, 0.6) is 0 Å². The van der Waals surface area contributed by atoms with Crippen molar-refractivity contribution in [2.75, 3.05) is 13.2 Å². The van der Waals surface area contributed by atoms with Gasteiger partial charge in [0.1, 0.15) is 0 Å². The smallest absolute Gasteiger partial charge is 0.302 e. The first-order valence-corrected chi connectivity index (χ1v) is 6.72. The van der Waals surface area contributed by atoms with Gasteiger partial charge >= 0.3 is 11.9 Å². The molecule has 2 heterocycles. The Kier molecular flexibility index (Phi) is 3.60. The van der Waals surface area contributed by atoms with E-state index in [1.165, 1.54) is 13.8 Å². The zero-order chi connectivity index (χ0) is 14.3. The first kappa shape index (κ1) is 14.3. The minimum absolute atomic E-state index is 0.0574. The third kappa shape index (κ3) is 2.48. The van der Waals surface area contributed by atoms with Gasteiger partial charge in [-0.1, -0.05) is 6.92 Å². The summed E-state index contributed by atoms with van der Waals surface area (Å²) in [5, 5.41) is 0. The molecule has 2 rings (SSSR count). The van der Waals surface area contributed by atoms with E-state index >= 15 is 0 Å². The van der Waals surface area contributed by atoms with E-state index in [1.54, 1.807) is 0 Å². The number of carbonyl (C=O) groups is 2. The quantitative estimate of drug-likeness (QED) is 0.727. The Morgan fingerprint density at radius 1 is 1.21 bits per heavy atom. The van der Waals surface area contributed by atoms with Gasteiger partial charge in [-0.25, -0.2) is 0 Å². The van der Waals surface area contributed by atoms with Gasteiger partial charge in [0.05, 0.1) is 24.9 Å². The highest BCUT2D eigenvalue weighted by Gasteiger charge is 2.63. The molecule has 0 saturated carbocycles. The van der Waals surface area contributed by atoms with Crippen LogP contribution in [0.2, 0.25) is 0 Å². The van der Waals surface area contributed by atoms with E-state index in [1.807, 2.05) is 0 Å². The predicted octanol–water partition coefficient (Wildman–Crippen LogP) is 1.69. The maximum absolute atomic E-state index is 11.1. The Morgan fingerprint density at radius 3 is 2.42 bits per heavy atom. The van der Waals surface area contributed by atoms with Gasteiger partial charge in [-0.05, 0) is 19.8 Å². The van der Waals surface area contributed by atoms with Crippen LogP contribution in [0.3, 0.4) is 0 Å². The first-order valence-electron chi connectivity index (χ1n) is 6.72. The molecular weight excluding hydrogens is 248 g/mol. The normalized spacial score (nSPS) is 40.2. The number of rotatable bonds is 4. The zero-order valence-corrected chi connectivity index (χ0v) is 12.0. The van der Waals surface area contributed by atoms with Gasteiger partial charge in [-0.15, -0.1) is 0 Å². The minimum atomic E-state index is -0.291. The Hall–Kier alpha value is -1.10. The third-order valence-corrected chi connectivity index (χ3v) is 4.62. The summed E-state index contributed by atoms with van der Waals surface area (Å²) in [6.07, 6.45) is 1.99. The molecule has 5 heteroatoms. The molecule has 19 heavy (non-hydrogen) atoms. The Balaban J connectivity index is 2.14. The fraction of sp³-hybridized carbons (Fsp3) is 0.857. The summed E-state index contributed by atoms with van der Waals surface area (Å²) in [5.41, 5.74) is -0.566. The maximum Gasteiger partial charge on any atom is 0.302 e. The van der Waals surface area contributed by atoms with E-state index in [0.717, 1.165) is 12.8 Å². The van der Waals surface area contributed by atoms with Crippen molar-refractivity contribution in [1.82, 2.24) is 0 Å². The molecule has 0 N–H and O–H groups in total. The van der Waals surface area contributed by atoms with Crippen molar-refractivity contribution in [1.29, 1.82) is 0 Å². The molecule has 108 valence electrons. The SMILES string of the molecule is CC(=O)OCC1C2(C)CCC(O2)C1(C)COC(C)=O.